The number of rotatable bonds is 4. The Morgan fingerprint density at radius 1 is 0.862 bits per heavy atom. The van der Waals surface area contributed by atoms with Crippen LogP contribution in [0.15, 0.2) is 54.6 Å². The molecule has 2 aromatic rings. The van der Waals surface area contributed by atoms with Gasteiger partial charge in [-0.3, -0.25) is 14.4 Å². The van der Waals surface area contributed by atoms with E-state index in [-0.39, 0.29) is 11.9 Å². The average molecular weight is 393 g/mol. The Labute approximate surface area is 171 Å². The molecular weight excluding hydrogens is 366 g/mol. The fraction of sp³-hybridized carbons (Fsp3) is 0.348. The maximum Gasteiger partial charge on any atom is 0.312 e. The van der Waals surface area contributed by atoms with Crippen LogP contribution in [-0.2, 0) is 16.0 Å². The van der Waals surface area contributed by atoms with E-state index in [1.807, 2.05) is 68.4 Å². The Balaban J connectivity index is 1.64. The molecule has 2 aromatic carbocycles. The van der Waals surface area contributed by atoms with Gasteiger partial charge in [0, 0.05) is 37.8 Å². The Bertz CT molecular complexity index is 872. The maximum absolute atomic E-state index is 13.1. The predicted octanol–water partition coefficient (Wildman–Crippen LogP) is 2.09. The summed E-state index contributed by atoms with van der Waals surface area (Å²) in [6.45, 7) is 5.18. The third-order valence-corrected chi connectivity index (χ3v) is 4.95. The molecule has 29 heavy (non-hydrogen) atoms. The summed E-state index contributed by atoms with van der Waals surface area (Å²) in [6.07, 6.45) is 0.691. The van der Waals surface area contributed by atoms with Crippen LogP contribution in [0.4, 0.5) is 0 Å². The van der Waals surface area contributed by atoms with E-state index < -0.39 is 11.8 Å². The highest BCUT2D eigenvalue weighted by molar-refractivity contribution is 6.35. The quantitative estimate of drug-likeness (QED) is 0.809. The number of amides is 3. The summed E-state index contributed by atoms with van der Waals surface area (Å²) in [6, 6.07) is 17.6. The standard InChI is InChI=1S/C23H27N3O3/c1-17(2)24-21(27)23(29)26-14-12-25(13-15-26)22(28)20-11-7-6-10-19(20)16-18-8-4-3-5-9-18/h3-11,17H,12-16H2,1-2H3,(H,24,27). The third-order valence-electron chi connectivity index (χ3n) is 4.95. The lowest BCUT2D eigenvalue weighted by Gasteiger charge is -2.34. The van der Waals surface area contributed by atoms with Gasteiger partial charge in [0.2, 0.25) is 0 Å². The summed E-state index contributed by atoms with van der Waals surface area (Å²) in [7, 11) is 0. The molecule has 6 nitrogen and oxygen atoms in total. The van der Waals surface area contributed by atoms with Crippen molar-refractivity contribution in [2.45, 2.75) is 26.3 Å². The number of hydrogen-bond acceptors (Lipinski definition) is 3. The summed E-state index contributed by atoms with van der Waals surface area (Å²) in [5.74, 6) is -1.15. The van der Waals surface area contributed by atoms with E-state index in [2.05, 4.69) is 5.32 Å². The molecule has 1 saturated heterocycles. The van der Waals surface area contributed by atoms with Crippen molar-refractivity contribution in [1.29, 1.82) is 0 Å². The second kappa shape index (κ2) is 9.37. The number of carbonyl (C=O) groups excluding carboxylic acids is 3. The van der Waals surface area contributed by atoms with Gasteiger partial charge in [-0.05, 0) is 37.5 Å². The lowest BCUT2D eigenvalue weighted by Crippen LogP contribution is -2.54. The van der Waals surface area contributed by atoms with Crippen molar-refractivity contribution >= 4 is 17.7 Å². The minimum absolute atomic E-state index is 0.0322. The van der Waals surface area contributed by atoms with Crippen molar-refractivity contribution in [3.8, 4) is 0 Å². The Morgan fingerprint density at radius 2 is 1.45 bits per heavy atom. The van der Waals surface area contributed by atoms with Gasteiger partial charge in [0.05, 0.1) is 0 Å². The van der Waals surface area contributed by atoms with E-state index >= 15 is 0 Å². The first-order chi connectivity index (χ1) is 14.0. The first-order valence-electron chi connectivity index (χ1n) is 9.96. The fourth-order valence-electron chi connectivity index (χ4n) is 3.45. The van der Waals surface area contributed by atoms with Crippen LogP contribution in [0.2, 0.25) is 0 Å². The third kappa shape index (κ3) is 5.22. The highest BCUT2D eigenvalue weighted by Gasteiger charge is 2.29. The number of hydrogen-bond donors (Lipinski definition) is 1. The number of nitrogens with zero attached hydrogens (tertiary/aromatic N) is 2. The molecule has 0 aliphatic carbocycles. The molecule has 6 heteroatoms. The normalized spacial score (nSPS) is 14.0. The van der Waals surface area contributed by atoms with E-state index in [1.54, 1.807) is 4.90 Å². The lowest BCUT2D eigenvalue weighted by molar-refractivity contribution is -0.147. The first kappa shape index (κ1) is 20.6. The molecule has 1 fully saturated rings. The van der Waals surface area contributed by atoms with Gasteiger partial charge < -0.3 is 15.1 Å². The molecule has 0 saturated carbocycles. The van der Waals surface area contributed by atoms with E-state index in [0.717, 1.165) is 11.1 Å². The minimum atomic E-state index is -0.590. The highest BCUT2D eigenvalue weighted by atomic mass is 16.2. The minimum Gasteiger partial charge on any atom is -0.346 e. The predicted molar refractivity (Wildman–Crippen MR) is 111 cm³/mol. The number of benzene rings is 2. The monoisotopic (exact) mass is 393 g/mol. The Hall–Kier alpha value is -3.15. The van der Waals surface area contributed by atoms with Gasteiger partial charge in [-0.2, -0.15) is 0 Å². The number of carbonyl (C=O) groups is 3. The van der Waals surface area contributed by atoms with Gasteiger partial charge in [-0.1, -0.05) is 48.5 Å². The first-order valence-corrected chi connectivity index (χ1v) is 9.96. The van der Waals surface area contributed by atoms with Gasteiger partial charge >= 0.3 is 11.8 Å². The molecule has 0 bridgehead atoms. The van der Waals surface area contributed by atoms with Crippen LogP contribution in [0.25, 0.3) is 0 Å². The van der Waals surface area contributed by atoms with Gasteiger partial charge in [0.1, 0.15) is 0 Å². The lowest BCUT2D eigenvalue weighted by atomic mass is 9.99. The topological polar surface area (TPSA) is 69.7 Å². The van der Waals surface area contributed by atoms with Crippen LogP contribution < -0.4 is 5.32 Å². The second-order valence-electron chi connectivity index (χ2n) is 7.53. The van der Waals surface area contributed by atoms with Crippen LogP contribution >= 0.6 is 0 Å². The van der Waals surface area contributed by atoms with Crippen LogP contribution in [0.3, 0.4) is 0 Å². The smallest absolute Gasteiger partial charge is 0.312 e. The molecule has 1 heterocycles. The van der Waals surface area contributed by atoms with E-state index in [0.29, 0.717) is 38.2 Å². The second-order valence-corrected chi connectivity index (χ2v) is 7.53. The zero-order chi connectivity index (χ0) is 20.8. The molecule has 1 N–H and O–H groups in total. The van der Waals surface area contributed by atoms with Gasteiger partial charge in [-0.15, -0.1) is 0 Å². The molecular formula is C23H27N3O3. The van der Waals surface area contributed by atoms with Crippen molar-refractivity contribution in [2.24, 2.45) is 0 Å². The van der Waals surface area contributed by atoms with E-state index in [1.165, 1.54) is 4.90 Å². The largest absolute Gasteiger partial charge is 0.346 e. The molecule has 3 amide bonds. The van der Waals surface area contributed by atoms with E-state index in [4.69, 9.17) is 0 Å². The van der Waals surface area contributed by atoms with Crippen molar-refractivity contribution < 1.29 is 14.4 Å². The molecule has 0 atom stereocenters. The Morgan fingerprint density at radius 3 is 2.10 bits per heavy atom. The van der Waals surface area contributed by atoms with Gasteiger partial charge in [0.15, 0.2) is 0 Å². The van der Waals surface area contributed by atoms with Crippen LogP contribution in [0.5, 0.6) is 0 Å². The molecule has 0 aromatic heterocycles. The zero-order valence-corrected chi connectivity index (χ0v) is 16.9. The van der Waals surface area contributed by atoms with Crippen molar-refractivity contribution in [3.05, 3.63) is 71.3 Å². The average Bonchev–Trinajstić information content (AvgIpc) is 2.73. The molecule has 0 spiro atoms. The molecule has 1 aliphatic heterocycles. The van der Waals surface area contributed by atoms with Crippen molar-refractivity contribution in [1.82, 2.24) is 15.1 Å². The van der Waals surface area contributed by atoms with Gasteiger partial charge in [0.25, 0.3) is 5.91 Å². The van der Waals surface area contributed by atoms with Crippen molar-refractivity contribution in [3.63, 3.8) is 0 Å². The summed E-state index contributed by atoms with van der Waals surface area (Å²) in [5, 5.41) is 2.62. The summed E-state index contributed by atoms with van der Waals surface area (Å²) >= 11 is 0. The highest BCUT2D eigenvalue weighted by Crippen LogP contribution is 2.17. The van der Waals surface area contributed by atoms with E-state index in [9.17, 15) is 14.4 Å². The molecule has 1 aliphatic rings. The molecule has 3 rings (SSSR count). The van der Waals surface area contributed by atoms with Crippen LogP contribution in [0.1, 0.15) is 35.3 Å². The number of piperazine rings is 1. The fourth-order valence-corrected chi connectivity index (χ4v) is 3.45. The number of nitrogens with one attached hydrogen (secondary N) is 1. The summed E-state index contributed by atoms with van der Waals surface area (Å²) < 4.78 is 0. The van der Waals surface area contributed by atoms with Gasteiger partial charge in [-0.25, -0.2) is 0 Å². The van der Waals surface area contributed by atoms with Crippen LogP contribution in [0, 0.1) is 0 Å². The summed E-state index contributed by atoms with van der Waals surface area (Å²) in [4.78, 5) is 40.6. The molecule has 0 unspecified atom stereocenters. The zero-order valence-electron chi connectivity index (χ0n) is 16.9. The SMILES string of the molecule is CC(C)NC(=O)C(=O)N1CCN(C(=O)c2ccccc2Cc2ccccc2)CC1. The Kier molecular flexibility index (Phi) is 6.65. The maximum atomic E-state index is 13.1. The molecule has 152 valence electrons. The summed E-state index contributed by atoms with van der Waals surface area (Å²) in [5.41, 5.74) is 2.83. The molecule has 0 radical (unpaired) electrons. The van der Waals surface area contributed by atoms with Crippen molar-refractivity contribution in [2.75, 3.05) is 26.2 Å². The van der Waals surface area contributed by atoms with Crippen LogP contribution in [-0.4, -0.2) is 59.7 Å².